The van der Waals surface area contributed by atoms with Crippen molar-refractivity contribution >= 4 is 29.4 Å². The third-order valence-electron chi connectivity index (χ3n) is 3.37. The molecule has 0 fully saturated rings. The molecule has 1 aromatic rings. The smallest absolute Gasteiger partial charge is 0.340 e. The molecule has 1 aliphatic rings. The van der Waals surface area contributed by atoms with Crippen molar-refractivity contribution in [1.82, 2.24) is 5.32 Å². The minimum absolute atomic E-state index is 0.0718. The van der Waals surface area contributed by atoms with Gasteiger partial charge < -0.3 is 24.3 Å². The zero-order chi connectivity index (χ0) is 19.1. The summed E-state index contributed by atoms with van der Waals surface area (Å²) in [5, 5.41) is 2.65. The Labute approximate surface area is 155 Å². The lowest BCUT2D eigenvalue weighted by Gasteiger charge is -2.20. The van der Waals surface area contributed by atoms with Crippen LogP contribution in [-0.2, 0) is 30.3 Å². The molecule has 142 valence electrons. The molecular formula is C17H20ClNO7. The normalized spacial score (nSPS) is 12.5. The summed E-state index contributed by atoms with van der Waals surface area (Å²) in [7, 11) is 0. The van der Waals surface area contributed by atoms with E-state index in [1.807, 2.05) is 0 Å². The molecule has 0 saturated carbocycles. The highest BCUT2D eigenvalue weighted by Crippen LogP contribution is 2.38. The largest absolute Gasteiger partial charge is 0.486 e. The van der Waals surface area contributed by atoms with Gasteiger partial charge in [0.05, 0.1) is 24.7 Å². The average molecular weight is 386 g/mol. The van der Waals surface area contributed by atoms with Crippen LogP contribution in [0.15, 0.2) is 12.1 Å². The lowest BCUT2D eigenvalue weighted by atomic mass is 10.1. The maximum absolute atomic E-state index is 12.3. The number of fused-ring (bicyclic) bond motifs is 1. The van der Waals surface area contributed by atoms with E-state index in [4.69, 9.17) is 30.5 Å². The summed E-state index contributed by atoms with van der Waals surface area (Å²) in [6.45, 7) is 4.11. The van der Waals surface area contributed by atoms with Gasteiger partial charge in [-0.1, -0.05) is 11.6 Å². The van der Waals surface area contributed by atoms with Gasteiger partial charge in [-0.05, 0) is 31.5 Å². The lowest BCUT2D eigenvalue weighted by Crippen LogP contribution is -2.48. The number of nitrogens with one attached hydrogen (secondary N) is 1. The Kier molecular flexibility index (Phi) is 7.08. The highest BCUT2D eigenvalue weighted by atomic mass is 35.5. The van der Waals surface area contributed by atoms with Crippen LogP contribution in [-0.4, -0.2) is 50.3 Å². The first kappa shape index (κ1) is 19.8. The fourth-order valence-corrected chi connectivity index (χ4v) is 2.62. The molecule has 2 rings (SSSR count). The number of rotatable bonds is 7. The van der Waals surface area contributed by atoms with Crippen molar-refractivity contribution in [3.63, 3.8) is 0 Å². The number of esters is 2. The van der Waals surface area contributed by atoms with Crippen molar-refractivity contribution in [2.75, 3.05) is 26.4 Å². The van der Waals surface area contributed by atoms with Crippen molar-refractivity contribution in [2.24, 2.45) is 0 Å². The topological polar surface area (TPSA) is 100 Å². The molecule has 9 heteroatoms. The Morgan fingerprint density at radius 1 is 1.12 bits per heavy atom. The Balaban J connectivity index is 2.08. The number of amides is 1. The molecule has 1 aromatic carbocycles. The molecule has 0 saturated heterocycles. The number of hydrogen-bond donors (Lipinski definition) is 1. The average Bonchev–Trinajstić information content (AvgIpc) is 2.60. The molecule has 0 spiro atoms. The highest BCUT2D eigenvalue weighted by Gasteiger charge is 2.31. The van der Waals surface area contributed by atoms with Crippen LogP contribution in [0.2, 0.25) is 5.02 Å². The molecule has 1 aliphatic heterocycles. The number of hydrogen-bond acceptors (Lipinski definition) is 7. The van der Waals surface area contributed by atoms with E-state index in [2.05, 4.69) is 5.32 Å². The Morgan fingerprint density at radius 3 is 2.35 bits per heavy atom. The summed E-state index contributed by atoms with van der Waals surface area (Å²) < 4.78 is 20.5. The quantitative estimate of drug-likeness (QED) is 0.557. The third kappa shape index (κ3) is 5.01. The number of ether oxygens (including phenoxy) is 4. The third-order valence-corrected chi connectivity index (χ3v) is 3.65. The van der Waals surface area contributed by atoms with Crippen molar-refractivity contribution < 1.29 is 33.3 Å². The van der Waals surface area contributed by atoms with Gasteiger partial charge in [-0.15, -0.1) is 0 Å². The van der Waals surface area contributed by atoms with Crippen LogP contribution in [0.5, 0.6) is 11.5 Å². The van der Waals surface area contributed by atoms with Crippen LogP contribution in [0.25, 0.3) is 0 Å². The zero-order valence-electron chi connectivity index (χ0n) is 14.5. The predicted molar refractivity (Wildman–Crippen MR) is 91.3 cm³/mol. The van der Waals surface area contributed by atoms with E-state index < -0.39 is 23.9 Å². The van der Waals surface area contributed by atoms with Gasteiger partial charge in [0.2, 0.25) is 11.9 Å². The molecule has 0 aliphatic carbocycles. The summed E-state index contributed by atoms with van der Waals surface area (Å²) in [6.07, 6.45) is -0.119. The minimum atomic E-state index is -1.52. The first-order valence-corrected chi connectivity index (χ1v) is 8.54. The van der Waals surface area contributed by atoms with Crippen LogP contribution in [0, 0.1) is 0 Å². The van der Waals surface area contributed by atoms with Crippen LogP contribution in [0.3, 0.4) is 0 Å². The summed E-state index contributed by atoms with van der Waals surface area (Å²) in [4.78, 5) is 36.1. The van der Waals surface area contributed by atoms with Crippen molar-refractivity contribution in [2.45, 2.75) is 26.3 Å². The molecular weight excluding hydrogens is 366 g/mol. The molecule has 26 heavy (non-hydrogen) atoms. The Bertz CT molecular complexity index is 674. The molecule has 1 amide bonds. The predicted octanol–water partition coefficient (Wildman–Crippen LogP) is 1.26. The first-order valence-electron chi connectivity index (χ1n) is 8.16. The summed E-state index contributed by atoms with van der Waals surface area (Å²) in [5.41, 5.74) is 0.545. The standard InChI is InChI=1S/C17H20ClNO7/c1-3-23-16(21)14(17(22)24-4-2)19-13(20)9-10-7-11(18)15-12(8-10)25-5-6-26-15/h7-8,14H,3-6,9H2,1-2H3,(H,19,20). The monoisotopic (exact) mass is 385 g/mol. The van der Waals surface area contributed by atoms with E-state index in [1.165, 1.54) is 0 Å². The molecule has 0 radical (unpaired) electrons. The van der Waals surface area contributed by atoms with Gasteiger partial charge in [-0.25, -0.2) is 9.59 Å². The molecule has 1 heterocycles. The minimum Gasteiger partial charge on any atom is -0.486 e. The van der Waals surface area contributed by atoms with Gasteiger partial charge in [-0.2, -0.15) is 0 Å². The molecule has 8 nitrogen and oxygen atoms in total. The van der Waals surface area contributed by atoms with Crippen molar-refractivity contribution in [1.29, 1.82) is 0 Å². The van der Waals surface area contributed by atoms with Gasteiger partial charge in [-0.3, -0.25) is 4.79 Å². The van der Waals surface area contributed by atoms with Gasteiger partial charge in [0.1, 0.15) is 13.2 Å². The molecule has 0 aromatic heterocycles. The van der Waals surface area contributed by atoms with Gasteiger partial charge >= 0.3 is 11.9 Å². The molecule has 0 atom stereocenters. The van der Waals surface area contributed by atoms with Crippen LogP contribution < -0.4 is 14.8 Å². The fourth-order valence-electron chi connectivity index (χ4n) is 2.33. The second-order valence-electron chi connectivity index (χ2n) is 5.28. The molecule has 1 N–H and O–H groups in total. The van der Waals surface area contributed by atoms with Gasteiger partial charge in [0, 0.05) is 0 Å². The van der Waals surface area contributed by atoms with Crippen molar-refractivity contribution in [3.05, 3.63) is 22.7 Å². The van der Waals surface area contributed by atoms with E-state index in [1.54, 1.807) is 26.0 Å². The van der Waals surface area contributed by atoms with Crippen LogP contribution >= 0.6 is 11.6 Å². The van der Waals surface area contributed by atoms with E-state index >= 15 is 0 Å². The summed E-state index contributed by atoms with van der Waals surface area (Å²) in [5.74, 6) is -1.44. The number of halogens is 1. The fraction of sp³-hybridized carbons (Fsp3) is 0.471. The number of carbonyl (C=O) groups is 3. The molecule has 0 bridgehead atoms. The summed E-state index contributed by atoms with van der Waals surface area (Å²) >= 11 is 6.13. The Morgan fingerprint density at radius 2 is 1.73 bits per heavy atom. The first-order chi connectivity index (χ1) is 12.5. The highest BCUT2D eigenvalue weighted by molar-refractivity contribution is 6.32. The maximum Gasteiger partial charge on any atom is 0.340 e. The van der Waals surface area contributed by atoms with Crippen LogP contribution in [0.4, 0.5) is 0 Å². The van der Waals surface area contributed by atoms with E-state index in [9.17, 15) is 14.4 Å². The second kappa shape index (κ2) is 9.28. The Hall–Kier alpha value is -2.48. The van der Waals surface area contributed by atoms with Crippen LogP contribution in [0.1, 0.15) is 19.4 Å². The van der Waals surface area contributed by atoms with E-state index in [0.29, 0.717) is 35.3 Å². The van der Waals surface area contributed by atoms with Gasteiger partial charge in [0.15, 0.2) is 11.5 Å². The van der Waals surface area contributed by atoms with E-state index in [-0.39, 0.29) is 19.6 Å². The molecule has 0 unspecified atom stereocenters. The maximum atomic E-state index is 12.3. The van der Waals surface area contributed by atoms with E-state index in [0.717, 1.165) is 0 Å². The SMILES string of the molecule is CCOC(=O)C(NC(=O)Cc1cc(Cl)c2c(c1)OCCO2)C(=O)OCC. The number of benzene rings is 1. The van der Waals surface area contributed by atoms with Gasteiger partial charge in [0.25, 0.3) is 0 Å². The zero-order valence-corrected chi connectivity index (χ0v) is 15.3. The second-order valence-corrected chi connectivity index (χ2v) is 5.69. The number of carbonyl (C=O) groups excluding carboxylic acids is 3. The van der Waals surface area contributed by atoms with Crippen molar-refractivity contribution in [3.8, 4) is 11.5 Å². The summed E-state index contributed by atoms with van der Waals surface area (Å²) in [6, 6.07) is 1.68. The lowest BCUT2D eigenvalue weighted by molar-refractivity contribution is -0.159.